The maximum atomic E-state index is 2.43. The number of hydrogen-bond acceptors (Lipinski definition) is 1. The molecule has 0 amide bonds. The zero-order valence-corrected chi connectivity index (χ0v) is 28.4. The quantitative estimate of drug-likeness (QED) is 0.177. The van der Waals surface area contributed by atoms with Crippen LogP contribution in [0.5, 0.6) is 0 Å². The summed E-state index contributed by atoms with van der Waals surface area (Å²) in [7, 11) is 0. The molecule has 3 heterocycles. The van der Waals surface area contributed by atoms with E-state index in [0.717, 1.165) is 0 Å². The minimum absolute atomic E-state index is 1.19. The Hall–Kier alpha value is -6.42. The lowest BCUT2D eigenvalue weighted by Crippen LogP contribution is -1.97. The van der Waals surface area contributed by atoms with Crippen LogP contribution in [0.2, 0.25) is 0 Å². The normalized spacial score (nSPS) is 11.9. The first kappa shape index (κ1) is 28.4. The second kappa shape index (κ2) is 11.0. The molecular weight excluding hydrogens is 637 g/mol. The second-order valence-electron chi connectivity index (χ2n) is 13.3. The van der Waals surface area contributed by atoms with E-state index in [1.54, 1.807) is 0 Å². The summed E-state index contributed by atoms with van der Waals surface area (Å²) < 4.78 is 7.52. The topological polar surface area (TPSA) is 9.86 Å². The van der Waals surface area contributed by atoms with Gasteiger partial charge in [0, 0.05) is 53.0 Å². The molecule has 0 aliphatic rings. The molecule has 2 nitrogen and oxygen atoms in total. The smallest absolute Gasteiger partial charge is 0.0541 e. The number of nitrogens with zero attached hydrogens (tertiary/aromatic N) is 2. The van der Waals surface area contributed by atoms with Gasteiger partial charge in [0.05, 0.1) is 27.8 Å². The zero-order chi connectivity index (χ0) is 33.5. The summed E-state index contributed by atoms with van der Waals surface area (Å²) in [5.41, 5.74) is 12.1. The van der Waals surface area contributed by atoms with E-state index >= 15 is 0 Å². The van der Waals surface area contributed by atoms with Gasteiger partial charge in [-0.25, -0.2) is 0 Å². The van der Waals surface area contributed by atoms with E-state index < -0.39 is 0 Å². The molecule has 0 fully saturated rings. The Morgan fingerprint density at radius 3 is 1.61 bits per heavy atom. The number of fused-ring (bicyclic) bond motifs is 9. The van der Waals surface area contributed by atoms with Crippen molar-refractivity contribution in [3.05, 3.63) is 182 Å². The Morgan fingerprint density at radius 2 is 0.863 bits per heavy atom. The maximum absolute atomic E-state index is 2.43. The third kappa shape index (κ3) is 4.29. The average molecular weight is 667 g/mol. The number of aromatic nitrogens is 2. The molecule has 11 aromatic rings. The van der Waals surface area contributed by atoms with Crippen molar-refractivity contribution in [1.82, 2.24) is 9.13 Å². The average Bonchev–Trinajstić information content (AvgIpc) is 3.85. The summed E-state index contributed by atoms with van der Waals surface area (Å²) in [6.07, 6.45) is 0. The summed E-state index contributed by atoms with van der Waals surface area (Å²) in [6, 6.07) is 66.7. The zero-order valence-electron chi connectivity index (χ0n) is 27.6. The van der Waals surface area contributed by atoms with Crippen LogP contribution in [0, 0.1) is 0 Å². The van der Waals surface area contributed by atoms with Crippen molar-refractivity contribution in [3.8, 4) is 33.6 Å². The lowest BCUT2D eigenvalue weighted by molar-refractivity contribution is 1.18. The van der Waals surface area contributed by atoms with Crippen molar-refractivity contribution < 1.29 is 0 Å². The van der Waals surface area contributed by atoms with Gasteiger partial charge in [0.25, 0.3) is 0 Å². The molecule has 0 atom stereocenters. The van der Waals surface area contributed by atoms with Crippen LogP contribution in [0.4, 0.5) is 0 Å². The highest BCUT2D eigenvalue weighted by molar-refractivity contribution is 7.25. The molecule has 0 bridgehead atoms. The maximum Gasteiger partial charge on any atom is 0.0541 e. The fraction of sp³-hybridized carbons (Fsp3) is 0. The Kier molecular flexibility index (Phi) is 6.16. The van der Waals surface area contributed by atoms with Crippen LogP contribution < -0.4 is 0 Å². The van der Waals surface area contributed by atoms with Gasteiger partial charge in [0.15, 0.2) is 0 Å². The van der Waals surface area contributed by atoms with Gasteiger partial charge in [-0.1, -0.05) is 115 Å². The fourth-order valence-corrected chi connectivity index (χ4v) is 9.31. The molecule has 0 spiro atoms. The van der Waals surface area contributed by atoms with Crippen molar-refractivity contribution in [2.75, 3.05) is 0 Å². The standard InChI is InChI=1S/C48H30N2S/c1-2-12-31(13-3-1)35-14-4-8-18-42(35)50-44-20-10-6-16-37(44)40-29-33(23-26-46(40)50)32-22-25-45-39(28-32)36-15-5-9-19-43(36)49(45)34-24-27-48-41(30-34)38-17-7-11-21-47(38)51-48/h1-30H. The Balaban J connectivity index is 1.09. The van der Waals surface area contributed by atoms with Gasteiger partial charge < -0.3 is 9.13 Å². The number of rotatable bonds is 4. The monoisotopic (exact) mass is 666 g/mol. The first-order valence-electron chi connectivity index (χ1n) is 17.4. The minimum Gasteiger partial charge on any atom is -0.309 e. The molecule has 0 radical (unpaired) electrons. The molecule has 0 aliphatic heterocycles. The van der Waals surface area contributed by atoms with E-state index in [1.165, 1.54) is 97.4 Å². The molecule has 51 heavy (non-hydrogen) atoms. The fourth-order valence-electron chi connectivity index (χ4n) is 8.23. The van der Waals surface area contributed by atoms with Gasteiger partial charge in [-0.3, -0.25) is 0 Å². The van der Waals surface area contributed by atoms with Crippen LogP contribution in [0.15, 0.2) is 182 Å². The summed E-state index contributed by atoms with van der Waals surface area (Å²) in [4.78, 5) is 0. The molecule has 238 valence electrons. The Bertz CT molecular complexity index is 3140. The summed E-state index contributed by atoms with van der Waals surface area (Å²) in [6.45, 7) is 0. The molecule has 0 aliphatic carbocycles. The molecule has 8 aromatic carbocycles. The molecule has 0 N–H and O–H groups in total. The van der Waals surface area contributed by atoms with Gasteiger partial charge >= 0.3 is 0 Å². The third-order valence-corrected chi connectivity index (χ3v) is 11.7. The minimum atomic E-state index is 1.19. The lowest BCUT2D eigenvalue weighted by Gasteiger charge is -2.14. The van der Waals surface area contributed by atoms with E-state index in [9.17, 15) is 0 Å². The molecule has 11 rings (SSSR count). The predicted molar refractivity (Wildman–Crippen MR) is 219 cm³/mol. The van der Waals surface area contributed by atoms with Crippen molar-refractivity contribution in [2.24, 2.45) is 0 Å². The van der Waals surface area contributed by atoms with Gasteiger partial charge in [-0.15, -0.1) is 11.3 Å². The van der Waals surface area contributed by atoms with Gasteiger partial charge in [-0.2, -0.15) is 0 Å². The Labute approximate surface area is 298 Å². The van der Waals surface area contributed by atoms with Crippen LogP contribution in [0.3, 0.4) is 0 Å². The highest BCUT2D eigenvalue weighted by Crippen LogP contribution is 2.41. The van der Waals surface area contributed by atoms with Gasteiger partial charge in [0.1, 0.15) is 0 Å². The number of para-hydroxylation sites is 3. The molecular formula is C48H30N2S. The van der Waals surface area contributed by atoms with Gasteiger partial charge in [0.2, 0.25) is 0 Å². The summed E-state index contributed by atoms with van der Waals surface area (Å²) >= 11 is 1.86. The van der Waals surface area contributed by atoms with E-state index in [1.807, 2.05) is 11.3 Å². The van der Waals surface area contributed by atoms with Crippen molar-refractivity contribution in [2.45, 2.75) is 0 Å². The number of thiophene rings is 1. The first-order valence-corrected chi connectivity index (χ1v) is 18.3. The lowest BCUT2D eigenvalue weighted by atomic mass is 10.0. The van der Waals surface area contributed by atoms with Crippen molar-refractivity contribution in [1.29, 1.82) is 0 Å². The number of benzene rings is 8. The highest BCUT2D eigenvalue weighted by atomic mass is 32.1. The van der Waals surface area contributed by atoms with Crippen LogP contribution >= 0.6 is 11.3 Å². The van der Waals surface area contributed by atoms with E-state index in [0.29, 0.717) is 0 Å². The SMILES string of the molecule is c1ccc(-c2ccccc2-n2c3ccccc3c3cc(-c4ccc5c(c4)c4ccccc4n5-c4ccc5sc6ccccc6c5c4)ccc32)cc1. The highest BCUT2D eigenvalue weighted by Gasteiger charge is 2.18. The largest absolute Gasteiger partial charge is 0.309 e. The van der Waals surface area contributed by atoms with Crippen molar-refractivity contribution >= 4 is 75.1 Å². The predicted octanol–water partition coefficient (Wildman–Crippen LogP) is 13.6. The summed E-state index contributed by atoms with van der Waals surface area (Å²) in [5, 5.41) is 7.67. The summed E-state index contributed by atoms with van der Waals surface area (Å²) in [5.74, 6) is 0. The van der Waals surface area contributed by atoms with Crippen LogP contribution in [0.1, 0.15) is 0 Å². The number of hydrogen-bond donors (Lipinski definition) is 0. The first-order chi connectivity index (χ1) is 25.3. The van der Waals surface area contributed by atoms with E-state index in [-0.39, 0.29) is 0 Å². The van der Waals surface area contributed by atoms with E-state index in [4.69, 9.17) is 0 Å². The van der Waals surface area contributed by atoms with Crippen LogP contribution in [-0.4, -0.2) is 9.13 Å². The molecule has 3 heteroatoms. The van der Waals surface area contributed by atoms with Crippen LogP contribution in [0.25, 0.3) is 97.4 Å². The van der Waals surface area contributed by atoms with Crippen molar-refractivity contribution in [3.63, 3.8) is 0 Å². The third-order valence-electron chi connectivity index (χ3n) is 10.5. The molecule has 0 saturated carbocycles. The van der Waals surface area contributed by atoms with Gasteiger partial charge in [-0.05, 0) is 83.4 Å². The molecule has 0 unspecified atom stereocenters. The molecule has 0 saturated heterocycles. The second-order valence-corrected chi connectivity index (χ2v) is 14.4. The van der Waals surface area contributed by atoms with E-state index in [2.05, 4.69) is 191 Å². The molecule has 3 aromatic heterocycles. The van der Waals surface area contributed by atoms with Crippen LogP contribution in [-0.2, 0) is 0 Å². The Morgan fingerprint density at radius 1 is 0.314 bits per heavy atom.